The van der Waals surface area contributed by atoms with Crippen LogP contribution in [0, 0.1) is 19.8 Å². The number of rotatable bonds is 9. The van der Waals surface area contributed by atoms with Crippen LogP contribution < -0.4 is 5.32 Å². The smallest absolute Gasteiger partial charge is 0.0205 e. The van der Waals surface area contributed by atoms with Crippen LogP contribution in [0.1, 0.15) is 59.6 Å². The van der Waals surface area contributed by atoms with E-state index in [9.17, 15) is 0 Å². The van der Waals surface area contributed by atoms with Crippen LogP contribution in [0.2, 0.25) is 0 Å². The molecule has 3 aromatic carbocycles. The topological polar surface area (TPSA) is 12.0 Å². The van der Waals surface area contributed by atoms with Crippen molar-refractivity contribution >= 4 is 0 Å². The van der Waals surface area contributed by atoms with Gasteiger partial charge in [-0.15, -0.1) is 0 Å². The predicted octanol–water partition coefficient (Wildman–Crippen LogP) is 6.81. The standard InChI is InChI=1S/C28H35N/c1-21(2)19-24-11-15-27(16-12-24)28(26-13-7-23(4)8-14-26)17-18-29-20-25-9-5-22(3)6-10-25/h5-16,21,28-29H,17-20H2,1-4H3. The van der Waals surface area contributed by atoms with Crippen LogP contribution in [0.4, 0.5) is 0 Å². The van der Waals surface area contributed by atoms with Gasteiger partial charge < -0.3 is 5.32 Å². The van der Waals surface area contributed by atoms with Crippen LogP contribution in [-0.4, -0.2) is 6.54 Å². The molecule has 0 aliphatic rings. The van der Waals surface area contributed by atoms with Gasteiger partial charge in [-0.3, -0.25) is 0 Å². The largest absolute Gasteiger partial charge is 0.313 e. The van der Waals surface area contributed by atoms with Gasteiger partial charge in [-0.2, -0.15) is 0 Å². The fourth-order valence-electron chi connectivity index (χ4n) is 3.87. The van der Waals surface area contributed by atoms with Gasteiger partial charge in [-0.05, 0) is 61.4 Å². The highest BCUT2D eigenvalue weighted by atomic mass is 14.8. The van der Waals surface area contributed by atoms with Crippen molar-refractivity contribution in [2.45, 2.75) is 53.0 Å². The highest BCUT2D eigenvalue weighted by Gasteiger charge is 2.14. The number of hydrogen-bond acceptors (Lipinski definition) is 1. The number of aryl methyl sites for hydroxylation is 2. The highest BCUT2D eigenvalue weighted by molar-refractivity contribution is 5.35. The first-order valence-electron chi connectivity index (χ1n) is 10.9. The fourth-order valence-corrected chi connectivity index (χ4v) is 3.87. The lowest BCUT2D eigenvalue weighted by molar-refractivity contribution is 0.610. The summed E-state index contributed by atoms with van der Waals surface area (Å²) in [6, 6.07) is 27.2. The van der Waals surface area contributed by atoms with Crippen molar-refractivity contribution in [1.29, 1.82) is 0 Å². The number of hydrogen-bond donors (Lipinski definition) is 1. The first-order valence-corrected chi connectivity index (χ1v) is 10.9. The lowest BCUT2D eigenvalue weighted by atomic mass is 9.87. The third kappa shape index (κ3) is 6.58. The molecule has 3 rings (SSSR count). The summed E-state index contributed by atoms with van der Waals surface area (Å²) >= 11 is 0. The molecule has 0 amide bonds. The van der Waals surface area contributed by atoms with Gasteiger partial charge in [0, 0.05) is 12.5 Å². The van der Waals surface area contributed by atoms with E-state index in [1.54, 1.807) is 0 Å². The van der Waals surface area contributed by atoms with E-state index in [0.29, 0.717) is 11.8 Å². The van der Waals surface area contributed by atoms with Crippen LogP contribution in [-0.2, 0) is 13.0 Å². The molecule has 0 fully saturated rings. The summed E-state index contributed by atoms with van der Waals surface area (Å²) in [7, 11) is 0. The molecular formula is C28H35N. The van der Waals surface area contributed by atoms with E-state index in [1.165, 1.54) is 33.4 Å². The summed E-state index contributed by atoms with van der Waals surface area (Å²) < 4.78 is 0. The molecule has 0 aliphatic carbocycles. The summed E-state index contributed by atoms with van der Waals surface area (Å²) in [6.07, 6.45) is 2.24. The van der Waals surface area contributed by atoms with Gasteiger partial charge in [0.2, 0.25) is 0 Å². The zero-order valence-corrected chi connectivity index (χ0v) is 18.4. The van der Waals surface area contributed by atoms with Gasteiger partial charge in [0.05, 0.1) is 0 Å². The number of nitrogens with one attached hydrogen (secondary N) is 1. The highest BCUT2D eigenvalue weighted by Crippen LogP contribution is 2.28. The van der Waals surface area contributed by atoms with Crippen molar-refractivity contribution < 1.29 is 0 Å². The third-order valence-electron chi connectivity index (χ3n) is 5.57. The Balaban J connectivity index is 1.67. The molecule has 0 spiro atoms. The molecular weight excluding hydrogens is 350 g/mol. The normalized spacial score (nSPS) is 12.3. The molecule has 0 heterocycles. The molecule has 1 heteroatoms. The Hall–Kier alpha value is -2.38. The summed E-state index contributed by atoms with van der Waals surface area (Å²) in [4.78, 5) is 0. The molecule has 1 unspecified atom stereocenters. The van der Waals surface area contributed by atoms with Gasteiger partial charge in [0.1, 0.15) is 0 Å². The van der Waals surface area contributed by atoms with Gasteiger partial charge >= 0.3 is 0 Å². The zero-order chi connectivity index (χ0) is 20.6. The van der Waals surface area contributed by atoms with Gasteiger partial charge in [0.25, 0.3) is 0 Å². The summed E-state index contributed by atoms with van der Waals surface area (Å²) in [5, 5.41) is 3.64. The molecule has 1 nitrogen and oxygen atoms in total. The van der Waals surface area contributed by atoms with E-state index in [-0.39, 0.29) is 0 Å². The zero-order valence-electron chi connectivity index (χ0n) is 18.4. The monoisotopic (exact) mass is 385 g/mol. The Labute approximate surface area is 177 Å². The van der Waals surface area contributed by atoms with E-state index < -0.39 is 0 Å². The molecule has 1 N–H and O–H groups in total. The van der Waals surface area contributed by atoms with Crippen molar-refractivity contribution in [3.8, 4) is 0 Å². The molecule has 3 aromatic rings. The summed E-state index contributed by atoms with van der Waals surface area (Å²) in [5.74, 6) is 1.12. The lowest BCUT2D eigenvalue weighted by Crippen LogP contribution is -2.18. The second-order valence-electron chi connectivity index (χ2n) is 8.75. The Morgan fingerprint density at radius 1 is 0.655 bits per heavy atom. The molecule has 0 saturated heterocycles. The van der Waals surface area contributed by atoms with Gasteiger partial charge in [-0.1, -0.05) is 97.8 Å². The van der Waals surface area contributed by atoms with Crippen molar-refractivity contribution in [2.75, 3.05) is 6.54 Å². The molecule has 0 radical (unpaired) electrons. The molecule has 152 valence electrons. The van der Waals surface area contributed by atoms with E-state index in [0.717, 1.165) is 25.9 Å². The molecule has 1 atom stereocenters. The van der Waals surface area contributed by atoms with E-state index in [2.05, 4.69) is 106 Å². The Morgan fingerprint density at radius 3 is 1.69 bits per heavy atom. The maximum absolute atomic E-state index is 3.64. The minimum absolute atomic E-state index is 0.425. The Bertz CT molecular complexity index is 858. The van der Waals surface area contributed by atoms with Crippen LogP contribution in [0.25, 0.3) is 0 Å². The quantitative estimate of drug-likeness (QED) is 0.399. The maximum Gasteiger partial charge on any atom is 0.0205 e. The Morgan fingerprint density at radius 2 is 1.14 bits per heavy atom. The van der Waals surface area contributed by atoms with Crippen LogP contribution in [0.5, 0.6) is 0 Å². The van der Waals surface area contributed by atoms with E-state index in [4.69, 9.17) is 0 Å². The van der Waals surface area contributed by atoms with Crippen molar-refractivity contribution in [1.82, 2.24) is 5.32 Å². The second-order valence-corrected chi connectivity index (χ2v) is 8.75. The van der Waals surface area contributed by atoms with Crippen LogP contribution in [0.3, 0.4) is 0 Å². The molecule has 0 saturated carbocycles. The minimum Gasteiger partial charge on any atom is -0.313 e. The van der Waals surface area contributed by atoms with E-state index >= 15 is 0 Å². The second kappa shape index (κ2) is 10.4. The molecule has 0 bridgehead atoms. The first kappa shape index (κ1) is 21.3. The van der Waals surface area contributed by atoms with Crippen molar-refractivity contribution in [3.63, 3.8) is 0 Å². The molecule has 0 aliphatic heterocycles. The van der Waals surface area contributed by atoms with Crippen molar-refractivity contribution in [2.24, 2.45) is 5.92 Å². The van der Waals surface area contributed by atoms with E-state index in [1.807, 2.05) is 0 Å². The van der Waals surface area contributed by atoms with Gasteiger partial charge in [0.15, 0.2) is 0 Å². The van der Waals surface area contributed by atoms with Crippen molar-refractivity contribution in [3.05, 3.63) is 106 Å². The van der Waals surface area contributed by atoms with Crippen LogP contribution in [0.15, 0.2) is 72.8 Å². The Kier molecular flexibility index (Phi) is 7.66. The third-order valence-corrected chi connectivity index (χ3v) is 5.57. The lowest BCUT2D eigenvalue weighted by Gasteiger charge is -2.19. The average Bonchev–Trinajstić information content (AvgIpc) is 2.71. The average molecular weight is 386 g/mol. The SMILES string of the molecule is Cc1ccc(CNCCC(c2ccc(C)cc2)c2ccc(CC(C)C)cc2)cc1. The first-order chi connectivity index (χ1) is 14.0. The summed E-state index contributed by atoms with van der Waals surface area (Å²) in [5.41, 5.74) is 8.23. The maximum atomic E-state index is 3.64. The van der Waals surface area contributed by atoms with Crippen LogP contribution >= 0.6 is 0 Å². The predicted molar refractivity (Wildman–Crippen MR) is 126 cm³/mol. The summed E-state index contributed by atoms with van der Waals surface area (Å²) in [6.45, 7) is 10.8. The minimum atomic E-state index is 0.425. The van der Waals surface area contributed by atoms with Gasteiger partial charge in [-0.25, -0.2) is 0 Å². The molecule has 0 aromatic heterocycles. The fraction of sp³-hybridized carbons (Fsp3) is 0.357. The number of benzene rings is 3. The molecule has 29 heavy (non-hydrogen) atoms.